The maximum Gasteiger partial charge on any atom is 0.225 e. The molecule has 2 amide bonds. The standard InChI is InChI=1S/C17H19FN2O2S/c1-13(21)20(12-14-5-2-3-7-16(14)18)9-8-19-17(22)11-15-6-4-10-23-15/h2-7,10H,8-9,11-12H2,1H3,(H,19,22). The van der Waals surface area contributed by atoms with Crippen molar-refractivity contribution in [3.63, 3.8) is 0 Å². The second-order valence-corrected chi connectivity index (χ2v) is 6.17. The van der Waals surface area contributed by atoms with E-state index in [9.17, 15) is 14.0 Å². The van der Waals surface area contributed by atoms with E-state index in [2.05, 4.69) is 5.32 Å². The molecule has 0 fully saturated rings. The molecule has 0 unspecified atom stereocenters. The lowest BCUT2D eigenvalue weighted by molar-refractivity contribution is -0.130. The first-order chi connectivity index (χ1) is 11.1. The summed E-state index contributed by atoms with van der Waals surface area (Å²) in [5.74, 6) is -0.567. The van der Waals surface area contributed by atoms with Crippen LogP contribution in [0.3, 0.4) is 0 Å². The van der Waals surface area contributed by atoms with Crippen molar-refractivity contribution in [3.8, 4) is 0 Å². The first-order valence-electron chi connectivity index (χ1n) is 7.34. The number of amides is 2. The lowest BCUT2D eigenvalue weighted by Crippen LogP contribution is -2.37. The quantitative estimate of drug-likeness (QED) is 0.846. The van der Waals surface area contributed by atoms with Gasteiger partial charge in [-0.3, -0.25) is 9.59 Å². The predicted molar refractivity (Wildman–Crippen MR) is 88.5 cm³/mol. The summed E-state index contributed by atoms with van der Waals surface area (Å²) in [6.07, 6.45) is 0.338. The molecule has 0 saturated carbocycles. The van der Waals surface area contributed by atoms with E-state index < -0.39 is 0 Å². The molecule has 0 aliphatic rings. The zero-order chi connectivity index (χ0) is 16.7. The molecule has 122 valence electrons. The Hall–Kier alpha value is -2.21. The number of hydrogen-bond acceptors (Lipinski definition) is 3. The summed E-state index contributed by atoms with van der Waals surface area (Å²) in [6.45, 7) is 2.33. The Morgan fingerprint density at radius 1 is 1.22 bits per heavy atom. The molecule has 1 aromatic carbocycles. The fourth-order valence-corrected chi connectivity index (χ4v) is 2.85. The minimum absolute atomic E-state index is 0.0816. The minimum atomic E-state index is -0.333. The van der Waals surface area contributed by atoms with Crippen LogP contribution in [0, 0.1) is 5.82 Å². The summed E-state index contributed by atoms with van der Waals surface area (Å²) in [7, 11) is 0. The molecule has 0 aliphatic carbocycles. The summed E-state index contributed by atoms with van der Waals surface area (Å²) in [6, 6.07) is 10.2. The second kappa shape index (κ2) is 8.43. The third-order valence-electron chi connectivity index (χ3n) is 3.38. The molecule has 2 rings (SSSR count). The Labute approximate surface area is 138 Å². The molecule has 23 heavy (non-hydrogen) atoms. The second-order valence-electron chi connectivity index (χ2n) is 5.14. The van der Waals surface area contributed by atoms with E-state index in [4.69, 9.17) is 0 Å². The van der Waals surface area contributed by atoms with Crippen LogP contribution in [0.5, 0.6) is 0 Å². The van der Waals surface area contributed by atoms with Crippen LogP contribution in [-0.2, 0) is 22.6 Å². The van der Waals surface area contributed by atoms with E-state index in [1.54, 1.807) is 18.2 Å². The van der Waals surface area contributed by atoms with Gasteiger partial charge in [0.2, 0.25) is 11.8 Å². The van der Waals surface area contributed by atoms with E-state index in [0.29, 0.717) is 25.1 Å². The minimum Gasteiger partial charge on any atom is -0.354 e. The van der Waals surface area contributed by atoms with Crippen LogP contribution in [0.1, 0.15) is 17.4 Å². The number of carbonyl (C=O) groups excluding carboxylic acids is 2. The number of benzene rings is 1. The fraction of sp³-hybridized carbons (Fsp3) is 0.294. The van der Waals surface area contributed by atoms with Gasteiger partial charge in [0, 0.05) is 37.0 Å². The average Bonchev–Trinajstić information content (AvgIpc) is 3.01. The normalized spacial score (nSPS) is 10.3. The van der Waals surface area contributed by atoms with E-state index in [1.807, 2.05) is 17.5 Å². The SMILES string of the molecule is CC(=O)N(CCNC(=O)Cc1cccs1)Cc1ccccc1F. The summed E-state index contributed by atoms with van der Waals surface area (Å²) in [5.41, 5.74) is 0.465. The molecule has 0 aliphatic heterocycles. The number of thiophene rings is 1. The van der Waals surface area contributed by atoms with Crippen molar-refractivity contribution >= 4 is 23.2 Å². The zero-order valence-corrected chi connectivity index (χ0v) is 13.7. The van der Waals surface area contributed by atoms with Crippen LogP contribution in [0.4, 0.5) is 4.39 Å². The Morgan fingerprint density at radius 2 is 2.00 bits per heavy atom. The fourth-order valence-electron chi connectivity index (χ4n) is 2.14. The van der Waals surface area contributed by atoms with Gasteiger partial charge in [-0.2, -0.15) is 0 Å². The van der Waals surface area contributed by atoms with Gasteiger partial charge in [-0.05, 0) is 17.5 Å². The molecule has 0 saturated heterocycles. The van der Waals surface area contributed by atoms with Gasteiger partial charge in [-0.15, -0.1) is 11.3 Å². The molecular weight excluding hydrogens is 315 g/mol. The lowest BCUT2D eigenvalue weighted by atomic mass is 10.2. The highest BCUT2D eigenvalue weighted by molar-refractivity contribution is 7.10. The highest BCUT2D eigenvalue weighted by atomic mass is 32.1. The molecule has 1 N–H and O–H groups in total. The van der Waals surface area contributed by atoms with Gasteiger partial charge in [0.15, 0.2) is 0 Å². The van der Waals surface area contributed by atoms with Crippen molar-refractivity contribution in [2.45, 2.75) is 19.9 Å². The maximum atomic E-state index is 13.7. The maximum absolute atomic E-state index is 13.7. The van der Waals surface area contributed by atoms with Crippen molar-refractivity contribution in [3.05, 3.63) is 58.0 Å². The average molecular weight is 334 g/mol. The summed E-state index contributed by atoms with van der Waals surface area (Å²) < 4.78 is 13.7. The third-order valence-corrected chi connectivity index (χ3v) is 4.26. The van der Waals surface area contributed by atoms with Gasteiger partial charge >= 0.3 is 0 Å². The molecule has 0 spiro atoms. The Morgan fingerprint density at radius 3 is 2.65 bits per heavy atom. The lowest BCUT2D eigenvalue weighted by Gasteiger charge is -2.21. The largest absolute Gasteiger partial charge is 0.354 e. The van der Waals surface area contributed by atoms with E-state index in [-0.39, 0.29) is 24.2 Å². The van der Waals surface area contributed by atoms with Crippen LogP contribution in [0.25, 0.3) is 0 Å². The van der Waals surface area contributed by atoms with Gasteiger partial charge in [-0.25, -0.2) is 4.39 Å². The highest BCUT2D eigenvalue weighted by Crippen LogP contribution is 2.10. The number of nitrogens with one attached hydrogen (secondary N) is 1. The smallest absolute Gasteiger partial charge is 0.225 e. The number of halogens is 1. The third kappa shape index (κ3) is 5.49. The van der Waals surface area contributed by atoms with Crippen molar-refractivity contribution in [2.75, 3.05) is 13.1 Å². The van der Waals surface area contributed by atoms with E-state index >= 15 is 0 Å². The van der Waals surface area contributed by atoms with Gasteiger partial charge in [0.1, 0.15) is 5.82 Å². The van der Waals surface area contributed by atoms with Gasteiger partial charge in [0.05, 0.1) is 6.42 Å². The molecule has 0 bridgehead atoms. The highest BCUT2D eigenvalue weighted by Gasteiger charge is 2.12. The van der Waals surface area contributed by atoms with Crippen molar-refractivity contribution in [1.82, 2.24) is 10.2 Å². The molecule has 0 atom stereocenters. The number of nitrogens with zero attached hydrogens (tertiary/aromatic N) is 1. The summed E-state index contributed by atoms with van der Waals surface area (Å²) in [4.78, 5) is 26.0. The van der Waals surface area contributed by atoms with E-state index in [0.717, 1.165) is 4.88 Å². The van der Waals surface area contributed by atoms with Crippen LogP contribution in [0.15, 0.2) is 41.8 Å². The molecule has 2 aromatic rings. The summed E-state index contributed by atoms with van der Waals surface area (Å²) in [5, 5.41) is 4.71. The van der Waals surface area contributed by atoms with Crippen molar-refractivity contribution in [2.24, 2.45) is 0 Å². The van der Waals surface area contributed by atoms with Gasteiger partial charge in [-0.1, -0.05) is 24.3 Å². The van der Waals surface area contributed by atoms with Gasteiger partial charge < -0.3 is 10.2 Å². The first-order valence-corrected chi connectivity index (χ1v) is 8.22. The van der Waals surface area contributed by atoms with Crippen molar-refractivity contribution < 1.29 is 14.0 Å². The predicted octanol–water partition coefficient (Wildman–Crippen LogP) is 2.59. The number of carbonyl (C=O) groups is 2. The first kappa shape index (κ1) is 17.1. The monoisotopic (exact) mass is 334 g/mol. The number of rotatable bonds is 7. The van der Waals surface area contributed by atoms with Crippen LogP contribution in [0.2, 0.25) is 0 Å². The molecular formula is C17H19FN2O2S. The topological polar surface area (TPSA) is 49.4 Å². The van der Waals surface area contributed by atoms with E-state index in [1.165, 1.54) is 29.2 Å². The summed E-state index contributed by atoms with van der Waals surface area (Å²) >= 11 is 1.53. The zero-order valence-electron chi connectivity index (χ0n) is 12.9. The number of hydrogen-bond donors (Lipinski definition) is 1. The molecule has 4 nitrogen and oxygen atoms in total. The molecule has 1 heterocycles. The van der Waals surface area contributed by atoms with Crippen LogP contribution < -0.4 is 5.32 Å². The van der Waals surface area contributed by atoms with Gasteiger partial charge in [0.25, 0.3) is 0 Å². The molecule has 6 heteroatoms. The van der Waals surface area contributed by atoms with Crippen LogP contribution in [-0.4, -0.2) is 29.8 Å². The van der Waals surface area contributed by atoms with Crippen LogP contribution >= 0.6 is 11.3 Å². The Balaban J connectivity index is 1.82. The molecule has 1 aromatic heterocycles. The molecule has 0 radical (unpaired) electrons. The van der Waals surface area contributed by atoms with Crippen molar-refractivity contribution in [1.29, 1.82) is 0 Å². The Bertz CT molecular complexity index is 658. The Kier molecular flexibility index (Phi) is 6.29.